The Bertz CT molecular complexity index is 980. The number of halogens is 1. The van der Waals surface area contributed by atoms with Crippen LogP contribution in [0.1, 0.15) is 11.1 Å². The minimum absolute atomic E-state index is 0.0624. The molecule has 0 aliphatic rings. The van der Waals surface area contributed by atoms with Gasteiger partial charge >= 0.3 is 0 Å². The summed E-state index contributed by atoms with van der Waals surface area (Å²) in [6.45, 7) is 2.00. The molecular formula is C18H13ClN4O2S. The van der Waals surface area contributed by atoms with Crippen LogP contribution >= 0.6 is 23.4 Å². The molecule has 0 unspecified atom stereocenters. The lowest BCUT2D eigenvalue weighted by molar-refractivity contribution is -0.113. The van der Waals surface area contributed by atoms with E-state index in [0.29, 0.717) is 27.3 Å². The number of hydrogen-bond acceptors (Lipinski definition) is 6. The molecule has 2 aromatic carbocycles. The van der Waals surface area contributed by atoms with Crippen LogP contribution in [0.3, 0.4) is 0 Å². The van der Waals surface area contributed by atoms with Gasteiger partial charge in [0.1, 0.15) is 6.07 Å². The fourth-order valence-electron chi connectivity index (χ4n) is 2.12. The molecule has 1 heterocycles. The van der Waals surface area contributed by atoms with Gasteiger partial charge in [0, 0.05) is 10.6 Å². The molecule has 26 heavy (non-hydrogen) atoms. The number of anilines is 1. The minimum atomic E-state index is -0.302. The number of rotatable bonds is 5. The number of aryl methyl sites for hydroxylation is 1. The maximum Gasteiger partial charge on any atom is 0.286 e. The molecule has 1 amide bonds. The van der Waals surface area contributed by atoms with E-state index >= 15 is 0 Å². The SMILES string of the molecule is Cc1ccc(-c2noc(SCC(=O)Nc3cc(Cl)ccc3C#N)n2)cc1. The summed E-state index contributed by atoms with van der Waals surface area (Å²) in [5.41, 5.74) is 2.69. The summed E-state index contributed by atoms with van der Waals surface area (Å²) in [6, 6.07) is 14.4. The van der Waals surface area contributed by atoms with Gasteiger partial charge in [0.25, 0.3) is 5.22 Å². The molecule has 0 aliphatic heterocycles. The lowest BCUT2D eigenvalue weighted by Crippen LogP contribution is -2.15. The van der Waals surface area contributed by atoms with Gasteiger partial charge in [-0.25, -0.2) is 0 Å². The number of nitrogens with zero attached hydrogens (tertiary/aromatic N) is 3. The van der Waals surface area contributed by atoms with Crippen LogP contribution in [0.15, 0.2) is 52.2 Å². The zero-order chi connectivity index (χ0) is 18.5. The van der Waals surface area contributed by atoms with Crippen LogP contribution in [-0.2, 0) is 4.79 Å². The zero-order valence-electron chi connectivity index (χ0n) is 13.7. The minimum Gasteiger partial charge on any atom is -0.327 e. The van der Waals surface area contributed by atoms with Gasteiger partial charge in [0.15, 0.2) is 0 Å². The Hall–Kier alpha value is -2.82. The molecule has 0 bridgehead atoms. The molecule has 0 saturated carbocycles. The molecule has 3 aromatic rings. The van der Waals surface area contributed by atoms with Crippen LogP contribution < -0.4 is 5.32 Å². The third-order valence-corrected chi connectivity index (χ3v) is 4.47. The van der Waals surface area contributed by atoms with Crippen LogP contribution in [-0.4, -0.2) is 21.8 Å². The van der Waals surface area contributed by atoms with E-state index in [1.54, 1.807) is 12.1 Å². The van der Waals surface area contributed by atoms with Crippen LogP contribution in [0.5, 0.6) is 0 Å². The highest BCUT2D eigenvalue weighted by atomic mass is 35.5. The van der Waals surface area contributed by atoms with Crippen molar-refractivity contribution in [3.05, 3.63) is 58.6 Å². The molecule has 8 heteroatoms. The topological polar surface area (TPSA) is 91.8 Å². The highest BCUT2D eigenvalue weighted by Crippen LogP contribution is 2.23. The van der Waals surface area contributed by atoms with Gasteiger partial charge in [0.2, 0.25) is 11.7 Å². The number of benzene rings is 2. The van der Waals surface area contributed by atoms with E-state index in [1.165, 1.54) is 6.07 Å². The predicted molar refractivity (Wildman–Crippen MR) is 100.0 cm³/mol. The Morgan fingerprint density at radius 1 is 1.31 bits per heavy atom. The average Bonchev–Trinajstić information content (AvgIpc) is 3.10. The Labute approximate surface area is 159 Å². The number of nitrogens with one attached hydrogen (secondary N) is 1. The van der Waals surface area contributed by atoms with Crippen molar-refractivity contribution in [1.82, 2.24) is 10.1 Å². The maximum atomic E-state index is 12.1. The van der Waals surface area contributed by atoms with Gasteiger partial charge in [-0.15, -0.1) is 0 Å². The molecule has 0 fully saturated rings. The smallest absolute Gasteiger partial charge is 0.286 e. The monoisotopic (exact) mass is 384 g/mol. The lowest BCUT2D eigenvalue weighted by Gasteiger charge is -2.06. The number of nitriles is 1. The number of carbonyl (C=O) groups is 1. The number of carbonyl (C=O) groups excluding carboxylic acids is 1. The summed E-state index contributed by atoms with van der Waals surface area (Å²) in [6.07, 6.45) is 0. The number of amides is 1. The first-order valence-electron chi connectivity index (χ1n) is 7.58. The number of thioether (sulfide) groups is 1. The summed E-state index contributed by atoms with van der Waals surface area (Å²) >= 11 is 7.02. The van der Waals surface area contributed by atoms with E-state index in [2.05, 4.69) is 15.5 Å². The molecule has 1 aromatic heterocycles. The van der Waals surface area contributed by atoms with E-state index < -0.39 is 0 Å². The van der Waals surface area contributed by atoms with Crippen molar-refractivity contribution in [2.24, 2.45) is 0 Å². The van der Waals surface area contributed by atoms with Crippen molar-refractivity contribution in [1.29, 1.82) is 5.26 Å². The van der Waals surface area contributed by atoms with Gasteiger partial charge in [-0.05, 0) is 25.1 Å². The Morgan fingerprint density at radius 2 is 2.08 bits per heavy atom. The maximum absolute atomic E-state index is 12.1. The summed E-state index contributed by atoms with van der Waals surface area (Å²) in [5.74, 6) is 0.228. The molecule has 3 rings (SSSR count). The highest BCUT2D eigenvalue weighted by Gasteiger charge is 2.13. The van der Waals surface area contributed by atoms with E-state index in [0.717, 1.165) is 22.9 Å². The largest absolute Gasteiger partial charge is 0.327 e. The third-order valence-electron chi connectivity index (χ3n) is 3.42. The first-order valence-corrected chi connectivity index (χ1v) is 8.94. The molecular weight excluding hydrogens is 372 g/mol. The van der Waals surface area contributed by atoms with Crippen LogP contribution in [0.2, 0.25) is 5.02 Å². The third kappa shape index (κ3) is 4.42. The van der Waals surface area contributed by atoms with Gasteiger partial charge < -0.3 is 9.84 Å². The van der Waals surface area contributed by atoms with Crippen molar-refractivity contribution in [3.63, 3.8) is 0 Å². The lowest BCUT2D eigenvalue weighted by atomic mass is 10.1. The van der Waals surface area contributed by atoms with Crippen LogP contribution in [0, 0.1) is 18.3 Å². The van der Waals surface area contributed by atoms with E-state index in [-0.39, 0.29) is 11.7 Å². The molecule has 1 N–H and O–H groups in total. The van der Waals surface area contributed by atoms with E-state index in [4.69, 9.17) is 21.4 Å². The second kappa shape index (κ2) is 8.04. The first kappa shape index (κ1) is 18.0. The Morgan fingerprint density at radius 3 is 2.81 bits per heavy atom. The van der Waals surface area contributed by atoms with Gasteiger partial charge in [-0.3, -0.25) is 4.79 Å². The Kier molecular flexibility index (Phi) is 5.56. The number of aromatic nitrogens is 2. The summed E-state index contributed by atoms with van der Waals surface area (Å²) in [4.78, 5) is 16.4. The molecule has 0 aliphatic carbocycles. The Balaban J connectivity index is 1.61. The summed E-state index contributed by atoms with van der Waals surface area (Å²) in [7, 11) is 0. The van der Waals surface area contributed by atoms with Gasteiger partial charge in [-0.1, -0.05) is 58.3 Å². The van der Waals surface area contributed by atoms with E-state index in [1.807, 2.05) is 37.3 Å². The summed E-state index contributed by atoms with van der Waals surface area (Å²) in [5, 5.41) is 16.4. The molecule has 0 saturated heterocycles. The molecule has 0 spiro atoms. The second-order valence-corrected chi connectivity index (χ2v) is 6.75. The zero-order valence-corrected chi connectivity index (χ0v) is 15.3. The second-order valence-electron chi connectivity index (χ2n) is 5.39. The predicted octanol–water partition coefficient (Wildman–Crippen LogP) is 4.30. The van der Waals surface area contributed by atoms with Crippen molar-refractivity contribution >= 4 is 35.0 Å². The highest BCUT2D eigenvalue weighted by molar-refractivity contribution is 7.99. The fraction of sp³-hybridized carbons (Fsp3) is 0.111. The van der Waals surface area contributed by atoms with Crippen LogP contribution in [0.4, 0.5) is 5.69 Å². The van der Waals surface area contributed by atoms with Crippen molar-refractivity contribution < 1.29 is 9.32 Å². The molecule has 130 valence electrons. The van der Waals surface area contributed by atoms with Crippen molar-refractivity contribution in [2.45, 2.75) is 12.1 Å². The van der Waals surface area contributed by atoms with Gasteiger partial charge in [-0.2, -0.15) is 10.2 Å². The first-order chi connectivity index (χ1) is 12.5. The standard InChI is InChI=1S/C18H13ClN4O2S/c1-11-2-4-12(5-3-11)17-22-18(25-23-17)26-10-16(24)21-15-8-14(19)7-6-13(15)9-20/h2-8H,10H2,1H3,(H,21,24). The molecule has 0 atom stereocenters. The summed E-state index contributed by atoms with van der Waals surface area (Å²) < 4.78 is 5.16. The van der Waals surface area contributed by atoms with Crippen molar-refractivity contribution in [2.75, 3.05) is 11.1 Å². The number of hydrogen-bond donors (Lipinski definition) is 1. The van der Waals surface area contributed by atoms with Crippen LogP contribution in [0.25, 0.3) is 11.4 Å². The molecule has 0 radical (unpaired) electrons. The fourth-order valence-corrected chi connectivity index (χ4v) is 2.86. The quantitative estimate of drug-likeness (QED) is 0.659. The van der Waals surface area contributed by atoms with E-state index in [9.17, 15) is 4.79 Å². The average molecular weight is 385 g/mol. The van der Waals surface area contributed by atoms with Crippen molar-refractivity contribution in [3.8, 4) is 17.5 Å². The normalized spacial score (nSPS) is 10.3. The molecule has 6 nitrogen and oxygen atoms in total. The van der Waals surface area contributed by atoms with Gasteiger partial charge in [0.05, 0.1) is 17.0 Å².